The van der Waals surface area contributed by atoms with Crippen LogP contribution in [0.2, 0.25) is 0 Å². The summed E-state index contributed by atoms with van der Waals surface area (Å²) in [6.45, 7) is 4.01. The zero-order valence-corrected chi connectivity index (χ0v) is 9.47. The van der Waals surface area contributed by atoms with Crippen molar-refractivity contribution in [2.24, 2.45) is 0 Å². The van der Waals surface area contributed by atoms with Crippen LogP contribution < -0.4 is 0 Å². The van der Waals surface area contributed by atoms with Gasteiger partial charge in [-0.3, -0.25) is 0 Å². The number of rotatable bonds is 2. The molecule has 0 aromatic carbocycles. The van der Waals surface area contributed by atoms with Crippen LogP contribution in [-0.4, -0.2) is 27.7 Å². The van der Waals surface area contributed by atoms with E-state index in [0.29, 0.717) is 11.2 Å². The lowest BCUT2D eigenvalue weighted by Gasteiger charge is -1.99. The third-order valence-corrected chi connectivity index (χ3v) is 2.30. The predicted octanol–water partition coefficient (Wildman–Crippen LogP) is 1.64. The van der Waals surface area contributed by atoms with Crippen molar-refractivity contribution in [2.75, 3.05) is 7.11 Å². The Morgan fingerprint density at radius 2 is 2.25 bits per heavy atom. The van der Waals surface area contributed by atoms with Crippen LogP contribution in [-0.2, 0) is 4.74 Å². The van der Waals surface area contributed by atoms with Gasteiger partial charge in [-0.25, -0.2) is 14.3 Å². The molecule has 0 bridgehead atoms. The minimum Gasteiger partial charge on any atom is -0.465 e. The minimum absolute atomic E-state index is 0.227. The van der Waals surface area contributed by atoms with Crippen molar-refractivity contribution in [3.8, 4) is 0 Å². The van der Waals surface area contributed by atoms with E-state index in [9.17, 15) is 4.79 Å². The fraction of sp³-hybridized carbons (Fsp3) is 0.364. The van der Waals surface area contributed by atoms with Crippen LogP contribution in [0, 0.1) is 0 Å². The van der Waals surface area contributed by atoms with Gasteiger partial charge in [0.1, 0.15) is 5.56 Å². The van der Waals surface area contributed by atoms with E-state index in [1.807, 2.05) is 13.8 Å². The molecule has 16 heavy (non-hydrogen) atoms. The van der Waals surface area contributed by atoms with E-state index < -0.39 is 5.97 Å². The standard InChI is InChI=1S/C11H13N3O2/c1-7(2)9-12-10-8(11(15)16-3)5-4-6-14(10)13-9/h4-7H,1-3H3. The molecular formula is C11H13N3O2. The molecule has 0 fully saturated rings. The topological polar surface area (TPSA) is 56.5 Å². The van der Waals surface area contributed by atoms with E-state index in [2.05, 4.69) is 10.1 Å². The first-order chi connectivity index (χ1) is 7.63. The van der Waals surface area contributed by atoms with Crippen LogP contribution in [0.5, 0.6) is 0 Å². The number of hydrogen-bond donors (Lipinski definition) is 0. The van der Waals surface area contributed by atoms with Gasteiger partial charge in [-0.15, -0.1) is 0 Å². The van der Waals surface area contributed by atoms with Gasteiger partial charge < -0.3 is 4.74 Å². The smallest absolute Gasteiger partial charge is 0.341 e. The highest BCUT2D eigenvalue weighted by atomic mass is 16.5. The first kappa shape index (κ1) is 10.6. The van der Waals surface area contributed by atoms with Crippen LogP contribution in [0.15, 0.2) is 18.3 Å². The highest BCUT2D eigenvalue weighted by Crippen LogP contribution is 2.14. The van der Waals surface area contributed by atoms with Gasteiger partial charge in [0.2, 0.25) is 0 Å². The van der Waals surface area contributed by atoms with Crippen LogP contribution >= 0.6 is 0 Å². The fourth-order valence-electron chi connectivity index (χ4n) is 1.44. The zero-order valence-electron chi connectivity index (χ0n) is 9.47. The van der Waals surface area contributed by atoms with Gasteiger partial charge in [-0.2, -0.15) is 5.10 Å². The summed E-state index contributed by atoms with van der Waals surface area (Å²) >= 11 is 0. The maximum Gasteiger partial charge on any atom is 0.341 e. The molecule has 0 saturated heterocycles. The summed E-state index contributed by atoms with van der Waals surface area (Å²) in [5.41, 5.74) is 0.974. The molecule has 5 heteroatoms. The van der Waals surface area contributed by atoms with Crippen molar-refractivity contribution in [3.63, 3.8) is 0 Å². The molecule has 0 radical (unpaired) electrons. The number of hydrogen-bond acceptors (Lipinski definition) is 4. The second-order valence-corrected chi connectivity index (χ2v) is 3.81. The first-order valence-electron chi connectivity index (χ1n) is 5.07. The Morgan fingerprint density at radius 1 is 1.50 bits per heavy atom. The third kappa shape index (κ3) is 1.64. The summed E-state index contributed by atoms with van der Waals surface area (Å²) in [4.78, 5) is 15.8. The largest absolute Gasteiger partial charge is 0.465 e. The van der Waals surface area contributed by atoms with Gasteiger partial charge in [0, 0.05) is 12.1 Å². The first-order valence-corrected chi connectivity index (χ1v) is 5.07. The highest BCUT2D eigenvalue weighted by molar-refractivity contribution is 5.95. The van der Waals surface area contributed by atoms with Crippen molar-refractivity contribution < 1.29 is 9.53 Å². The molecule has 0 amide bonds. The number of pyridine rings is 1. The van der Waals surface area contributed by atoms with Crippen LogP contribution in [0.3, 0.4) is 0 Å². The number of carbonyl (C=O) groups is 1. The second-order valence-electron chi connectivity index (χ2n) is 3.81. The summed E-state index contributed by atoms with van der Waals surface area (Å²) in [6, 6.07) is 3.43. The van der Waals surface area contributed by atoms with Crippen molar-refractivity contribution in [1.29, 1.82) is 0 Å². The number of carbonyl (C=O) groups excluding carboxylic acids is 1. The summed E-state index contributed by atoms with van der Waals surface area (Å²) in [6.07, 6.45) is 1.76. The molecule has 0 N–H and O–H groups in total. The van der Waals surface area contributed by atoms with Crippen molar-refractivity contribution in [3.05, 3.63) is 29.7 Å². The normalized spacial score (nSPS) is 11.0. The van der Waals surface area contributed by atoms with Crippen LogP contribution in [0.1, 0.15) is 35.9 Å². The molecule has 0 atom stereocenters. The van der Waals surface area contributed by atoms with E-state index in [-0.39, 0.29) is 5.92 Å². The summed E-state index contributed by atoms with van der Waals surface area (Å²) in [7, 11) is 1.35. The van der Waals surface area contributed by atoms with Gasteiger partial charge in [0.25, 0.3) is 0 Å². The maximum absolute atomic E-state index is 11.5. The maximum atomic E-state index is 11.5. The zero-order chi connectivity index (χ0) is 11.7. The van der Waals surface area contributed by atoms with E-state index in [1.54, 1.807) is 22.8 Å². The number of aromatic nitrogens is 3. The van der Waals surface area contributed by atoms with E-state index >= 15 is 0 Å². The lowest BCUT2D eigenvalue weighted by Crippen LogP contribution is -2.04. The highest BCUT2D eigenvalue weighted by Gasteiger charge is 2.15. The average Bonchev–Trinajstić information content (AvgIpc) is 2.71. The number of ether oxygens (including phenoxy) is 1. The van der Waals surface area contributed by atoms with Crippen molar-refractivity contribution in [2.45, 2.75) is 19.8 Å². The Morgan fingerprint density at radius 3 is 2.88 bits per heavy atom. The molecular weight excluding hydrogens is 206 g/mol. The molecule has 0 aliphatic heterocycles. The number of esters is 1. The Labute approximate surface area is 93.1 Å². The quantitative estimate of drug-likeness (QED) is 0.720. The molecule has 2 heterocycles. The van der Waals surface area contributed by atoms with Crippen molar-refractivity contribution >= 4 is 11.6 Å². The Kier molecular flexibility index (Phi) is 2.60. The molecule has 2 aromatic rings. The molecule has 2 aromatic heterocycles. The van der Waals surface area contributed by atoms with Crippen LogP contribution in [0.25, 0.3) is 5.65 Å². The average molecular weight is 219 g/mol. The third-order valence-electron chi connectivity index (χ3n) is 2.30. The van der Waals surface area contributed by atoms with Gasteiger partial charge in [-0.05, 0) is 12.1 Å². The molecule has 0 saturated carbocycles. The number of nitrogens with zero attached hydrogens (tertiary/aromatic N) is 3. The molecule has 0 unspecified atom stereocenters. The lowest BCUT2D eigenvalue weighted by molar-refractivity contribution is 0.0602. The van der Waals surface area contributed by atoms with Crippen LogP contribution in [0.4, 0.5) is 0 Å². The molecule has 84 valence electrons. The van der Waals surface area contributed by atoms with E-state index in [0.717, 1.165) is 5.82 Å². The molecule has 5 nitrogen and oxygen atoms in total. The Balaban J connectivity index is 2.63. The summed E-state index contributed by atoms with van der Waals surface area (Å²) in [5.74, 6) is 0.551. The van der Waals surface area contributed by atoms with Gasteiger partial charge in [0.05, 0.1) is 7.11 Å². The monoisotopic (exact) mass is 219 g/mol. The molecule has 2 rings (SSSR count). The lowest BCUT2D eigenvalue weighted by atomic mass is 10.2. The Hall–Kier alpha value is -1.91. The predicted molar refractivity (Wildman–Crippen MR) is 58.4 cm³/mol. The minimum atomic E-state index is -0.395. The molecule has 0 aliphatic rings. The molecule has 0 spiro atoms. The second kappa shape index (κ2) is 3.92. The van der Waals surface area contributed by atoms with Gasteiger partial charge >= 0.3 is 5.97 Å². The summed E-state index contributed by atoms with van der Waals surface area (Å²) < 4.78 is 6.29. The fourth-order valence-corrected chi connectivity index (χ4v) is 1.44. The van der Waals surface area contributed by atoms with E-state index in [4.69, 9.17) is 4.74 Å². The van der Waals surface area contributed by atoms with Crippen molar-refractivity contribution in [1.82, 2.24) is 14.6 Å². The number of methoxy groups -OCH3 is 1. The SMILES string of the molecule is COC(=O)c1cccn2nc(C(C)C)nc12. The summed E-state index contributed by atoms with van der Waals surface area (Å²) in [5, 5.41) is 4.29. The molecule has 0 aliphatic carbocycles. The number of fused-ring (bicyclic) bond motifs is 1. The van der Waals surface area contributed by atoms with Gasteiger partial charge in [-0.1, -0.05) is 13.8 Å². The van der Waals surface area contributed by atoms with E-state index in [1.165, 1.54) is 7.11 Å². The Bertz CT molecular complexity index is 531. The van der Waals surface area contributed by atoms with Gasteiger partial charge in [0.15, 0.2) is 11.5 Å².